The number of nitrogens with zero attached hydrogens (tertiary/aromatic N) is 1. The van der Waals surface area contributed by atoms with Crippen LogP contribution >= 0.6 is 15.9 Å². The molecule has 17 heavy (non-hydrogen) atoms. The normalized spacial score (nSPS) is 12.2. The summed E-state index contributed by atoms with van der Waals surface area (Å²) in [5.41, 5.74) is 0. The van der Waals surface area contributed by atoms with Crippen LogP contribution < -0.4 is 4.74 Å². The topological polar surface area (TPSA) is 46.6 Å². The number of methoxy groups -OCH3 is 1. The summed E-state index contributed by atoms with van der Waals surface area (Å²) in [6.07, 6.45) is 0. The molecule has 1 aromatic carbocycles. The van der Waals surface area contributed by atoms with E-state index in [-0.39, 0.29) is 10.9 Å². The van der Waals surface area contributed by atoms with Gasteiger partial charge in [0.1, 0.15) is 10.6 Å². The molecule has 0 fully saturated rings. The maximum Gasteiger partial charge on any atom is 0.246 e. The standard InChI is InChI=1S/C11H16BrNO3S/c1-8(2)13(3)17(14,15)11-7-9(12)5-6-10(11)16-4/h5-8H,1-4H3. The van der Waals surface area contributed by atoms with Gasteiger partial charge in [0.15, 0.2) is 0 Å². The van der Waals surface area contributed by atoms with Crippen LogP contribution in [0.2, 0.25) is 0 Å². The van der Waals surface area contributed by atoms with Crippen molar-refractivity contribution in [2.75, 3.05) is 14.2 Å². The minimum absolute atomic E-state index is 0.108. The predicted molar refractivity (Wildman–Crippen MR) is 70.8 cm³/mol. The Morgan fingerprint density at radius 2 is 1.94 bits per heavy atom. The molecule has 6 heteroatoms. The molecule has 0 atom stereocenters. The van der Waals surface area contributed by atoms with Gasteiger partial charge in [0.2, 0.25) is 10.0 Å². The van der Waals surface area contributed by atoms with Gasteiger partial charge in [-0.3, -0.25) is 0 Å². The summed E-state index contributed by atoms with van der Waals surface area (Å²) in [6.45, 7) is 3.64. The van der Waals surface area contributed by atoms with Crippen LogP contribution in [0.5, 0.6) is 5.75 Å². The Morgan fingerprint density at radius 1 is 1.35 bits per heavy atom. The average molecular weight is 322 g/mol. The highest BCUT2D eigenvalue weighted by molar-refractivity contribution is 9.10. The summed E-state index contributed by atoms with van der Waals surface area (Å²) in [7, 11) is -0.513. The molecule has 0 aliphatic heterocycles. The molecular weight excluding hydrogens is 306 g/mol. The van der Waals surface area contributed by atoms with Crippen molar-refractivity contribution in [2.24, 2.45) is 0 Å². The molecule has 0 amide bonds. The molecule has 0 saturated carbocycles. The van der Waals surface area contributed by atoms with Crippen molar-refractivity contribution in [2.45, 2.75) is 24.8 Å². The lowest BCUT2D eigenvalue weighted by atomic mass is 10.3. The van der Waals surface area contributed by atoms with E-state index in [0.717, 1.165) is 0 Å². The van der Waals surface area contributed by atoms with Crippen LogP contribution in [0.25, 0.3) is 0 Å². The zero-order valence-electron chi connectivity index (χ0n) is 10.3. The van der Waals surface area contributed by atoms with Crippen LogP contribution in [0.15, 0.2) is 27.6 Å². The van der Waals surface area contributed by atoms with Gasteiger partial charge in [0.05, 0.1) is 7.11 Å². The molecule has 1 aromatic rings. The molecule has 0 bridgehead atoms. The second-order valence-electron chi connectivity index (χ2n) is 3.91. The highest BCUT2D eigenvalue weighted by Crippen LogP contribution is 2.29. The van der Waals surface area contributed by atoms with Crippen LogP contribution in [0.3, 0.4) is 0 Å². The smallest absolute Gasteiger partial charge is 0.246 e. The Bertz CT molecular complexity index is 499. The number of hydrogen-bond donors (Lipinski definition) is 0. The second kappa shape index (κ2) is 5.37. The lowest BCUT2D eigenvalue weighted by Crippen LogP contribution is -2.33. The van der Waals surface area contributed by atoms with E-state index < -0.39 is 10.0 Å². The van der Waals surface area contributed by atoms with E-state index in [2.05, 4.69) is 15.9 Å². The molecular formula is C11H16BrNO3S. The zero-order chi connectivity index (χ0) is 13.2. The van der Waals surface area contributed by atoms with Gasteiger partial charge in [0, 0.05) is 17.6 Å². The van der Waals surface area contributed by atoms with Gasteiger partial charge in [0.25, 0.3) is 0 Å². The molecule has 96 valence electrons. The molecule has 0 aliphatic rings. The average Bonchev–Trinajstić information content (AvgIpc) is 2.27. The first-order valence-corrected chi connectivity index (χ1v) is 7.35. The van der Waals surface area contributed by atoms with Gasteiger partial charge in [-0.1, -0.05) is 15.9 Å². The SMILES string of the molecule is COc1ccc(Br)cc1S(=O)(=O)N(C)C(C)C. The van der Waals surface area contributed by atoms with E-state index in [1.807, 2.05) is 13.8 Å². The van der Waals surface area contributed by atoms with Crippen molar-refractivity contribution in [3.8, 4) is 5.75 Å². The van der Waals surface area contributed by atoms with Gasteiger partial charge in [-0.15, -0.1) is 0 Å². The van der Waals surface area contributed by atoms with Gasteiger partial charge < -0.3 is 4.74 Å². The molecule has 0 heterocycles. The Hall–Kier alpha value is -0.590. The van der Waals surface area contributed by atoms with Gasteiger partial charge in [-0.25, -0.2) is 8.42 Å². The second-order valence-corrected chi connectivity index (χ2v) is 6.79. The number of ether oxygens (including phenoxy) is 1. The first-order chi connectivity index (χ1) is 7.80. The first-order valence-electron chi connectivity index (χ1n) is 5.12. The third kappa shape index (κ3) is 3.00. The van der Waals surface area contributed by atoms with E-state index in [1.54, 1.807) is 25.2 Å². The van der Waals surface area contributed by atoms with Crippen molar-refractivity contribution >= 4 is 26.0 Å². The summed E-state index contributed by atoms with van der Waals surface area (Å²) in [5, 5.41) is 0. The highest BCUT2D eigenvalue weighted by Gasteiger charge is 2.26. The number of benzene rings is 1. The maximum atomic E-state index is 12.3. The van der Waals surface area contributed by atoms with Crippen LogP contribution in [0, 0.1) is 0 Å². The highest BCUT2D eigenvalue weighted by atomic mass is 79.9. The van der Waals surface area contributed by atoms with Crippen molar-refractivity contribution in [1.82, 2.24) is 4.31 Å². The van der Waals surface area contributed by atoms with Crippen LogP contribution in [-0.2, 0) is 10.0 Å². The van der Waals surface area contributed by atoms with E-state index in [0.29, 0.717) is 10.2 Å². The van der Waals surface area contributed by atoms with Crippen molar-refractivity contribution in [3.05, 3.63) is 22.7 Å². The van der Waals surface area contributed by atoms with Gasteiger partial charge in [-0.05, 0) is 32.0 Å². The lowest BCUT2D eigenvalue weighted by molar-refractivity contribution is 0.387. The van der Waals surface area contributed by atoms with Crippen LogP contribution in [-0.4, -0.2) is 32.9 Å². The fourth-order valence-electron chi connectivity index (χ4n) is 1.28. The minimum Gasteiger partial charge on any atom is -0.495 e. The Labute approximate surface area is 111 Å². The third-order valence-corrected chi connectivity index (χ3v) is 5.06. The van der Waals surface area contributed by atoms with Gasteiger partial charge in [-0.2, -0.15) is 4.31 Å². The molecule has 0 aromatic heterocycles. The Kier molecular flexibility index (Phi) is 4.57. The largest absolute Gasteiger partial charge is 0.495 e. The summed E-state index contributed by atoms with van der Waals surface area (Å²) in [6, 6.07) is 4.81. The number of rotatable bonds is 4. The lowest BCUT2D eigenvalue weighted by Gasteiger charge is -2.22. The monoisotopic (exact) mass is 321 g/mol. The molecule has 0 radical (unpaired) electrons. The maximum absolute atomic E-state index is 12.3. The fraction of sp³-hybridized carbons (Fsp3) is 0.455. The van der Waals surface area contributed by atoms with E-state index in [1.165, 1.54) is 11.4 Å². The van der Waals surface area contributed by atoms with Crippen LogP contribution in [0.4, 0.5) is 0 Å². The summed E-state index contributed by atoms with van der Waals surface area (Å²) in [5.74, 6) is 0.348. The van der Waals surface area contributed by atoms with E-state index in [4.69, 9.17) is 4.74 Å². The van der Waals surface area contributed by atoms with Crippen molar-refractivity contribution in [3.63, 3.8) is 0 Å². The van der Waals surface area contributed by atoms with E-state index in [9.17, 15) is 8.42 Å². The molecule has 1 rings (SSSR count). The summed E-state index contributed by atoms with van der Waals surface area (Å²) >= 11 is 3.27. The number of halogens is 1. The molecule has 0 spiro atoms. The number of sulfonamides is 1. The molecule has 0 unspecified atom stereocenters. The van der Waals surface area contributed by atoms with Crippen molar-refractivity contribution in [1.29, 1.82) is 0 Å². The van der Waals surface area contributed by atoms with Crippen LogP contribution in [0.1, 0.15) is 13.8 Å². The fourth-order valence-corrected chi connectivity index (χ4v) is 3.34. The molecule has 0 saturated heterocycles. The summed E-state index contributed by atoms with van der Waals surface area (Å²) < 4.78 is 31.8. The third-order valence-electron chi connectivity index (χ3n) is 2.51. The summed E-state index contributed by atoms with van der Waals surface area (Å²) in [4.78, 5) is 0.172. The Morgan fingerprint density at radius 3 is 2.41 bits per heavy atom. The van der Waals surface area contributed by atoms with Gasteiger partial charge >= 0.3 is 0 Å². The minimum atomic E-state index is -3.53. The van der Waals surface area contributed by atoms with E-state index >= 15 is 0 Å². The van der Waals surface area contributed by atoms with Crippen molar-refractivity contribution < 1.29 is 13.2 Å². The zero-order valence-corrected chi connectivity index (χ0v) is 12.7. The Balaban J connectivity index is 3.37. The first kappa shape index (κ1) is 14.5. The molecule has 0 N–H and O–H groups in total. The molecule has 0 aliphatic carbocycles. The predicted octanol–water partition coefficient (Wildman–Crippen LogP) is 2.49. The quantitative estimate of drug-likeness (QED) is 0.856. The molecule has 4 nitrogen and oxygen atoms in total. The number of hydrogen-bond acceptors (Lipinski definition) is 3.